The normalized spacial score (nSPS) is 18.2. The molecule has 6 heteroatoms. The lowest BCUT2D eigenvalue weighted by molar-refractivity contribution is -0.153. The molecule has 1 aromatic carbocycles. The van der Waals surface area contributed by atoms with Gasteiger partial charge in [-0.05, 0) is 37.1 Å². The molecule has 2 aromatic rings. The van der Waals surface area contributed by atoms with E-state index < -0.39 is 5.79 Å². The van der Waals surface area contributed by atoms with Gasteiger partial charge in [0.05, 0.1) is 13.2 Å². The third kappa shape index (κ3) is 3.71. The van der Waals surface area contributed by atoms with E-state index in [0.717, 1.165) is 0 Å². The van der Waals surface area contributed by atoms with Crippen molar-refractivity contribution in [1.29, 1.82) is 0 Å². The van der Waals surface area contributed by atoms with Crippen LogP contribution in [-0.4, -0.2) is 31.5 Å². The maximum absolute atomic E-state index is 13.2. The Morgan fingerprint density at radius 3 is 2.83 bits per heavy atom. The molecule has 1 amide bonds. The molecule has 23 heavy (non-hydrogen) atoms. The van der Waals surface area contributed by atoms with Crippen LogP contribution in [0.5, 0.6) is 0 Å². The zero-order valence-corrected chi connectivity index (χ0v) is 13.2. The average Bonchev–Trinajstić information content (AvgIpc) is 3.10. The van der Waals surface area contributed by atoms with E-state index in [-0.39, 0.29) is 23.4 Å². The first-order chi connectivity index (χ1) is 11.0. The second-order valence-corrected chi connectivity index (χ2v) is 6.14. The maximum Gasteiger partial charge on any atom is 0.287 e. The molecule has 2 heterocycles. The highest BCUT2D eigenvalue weighted by Gasteiger charge is 2.32. The first kappa shape index (κ1) is 16.0. The lowest BCUT2D eigenvalue weighted by Gasteiger charge is -2.25. The molecule has 1 aliphatic rings. The summed E-state index contributed by atoms with van der Waals surface area (Å²) in [6, 6.07) is 5.70. The standard InChI is InChI=1S/C17H20FNO4/c1-11(9-17(2)21-5-6-22-17)10-19-16(20)15-8-12-7-13(18)3-4-14(12)23-15/h3-4,7-8,11H,5-6,9-10H2,1-2H3,(H,19,20)/t11-/m1/s1. The van der Waals surface area contributed by atoms with Crippen LogP contribution in [0.4, 0.5) is 4.39 Å². The first-order valence-electron chi connectivity index (χ1n) is 7.70. The number of fused-ring (bicyclic) bond motifs is 1. The zero-order valence-electron chi connectivity index (χ0n) is 13.2. The molecular formula is C17H20FNO4. The molecule has 1 saturated heterocycles. The van der Waals surface area contributed by atoms with E-state index in [9.17, 15) is 9.18 Å². The fourth-order valence-electron chi connectivity index (χ4n) is 2.86. The van der Waals surface area contributed by atoms with E-state index in [1.165, 1.54) is 18.2 Å². The largest absolute Gasteiger partial charge is 0.451 e. The highest BCUT2D eigenvalue weighted by Crippen LogP contribution is 2.26. The molecule has 0 bridgehead atoms. The predicted molar refractivity (Wildman–Crippen MR) is 82.6 cm³/mol. The summed E-state index contributed by atoms with van der Waals surface area (Å²) in [6.07, 6.45) is 0.693. The molecule has 1 fully saturated rings. The van der Waals surface area contributed by atoms with Gasteiger partial charge in [0.25, 0.3) is 5.91 Å². The number of furan rings is 1. The molecule has 5 nitrogen and oxygen atoms in total. The molecule has 3 rings (SSSR count). The van der Waals surface area contributed by atoms with Gasteiger partial charge in [-0.2, -0.15) is 0 Å². The van der Waals surface area contributed by atoms with E-state index in [1.54, 1.807) is 6.07 Å². The number of benzene rings is 1. The number of halogens is 1. The van der Waals surface area contributed by atoms with E-state index in [1.807, 2.05) is 13.8 Å². The Bertz CT molecular complexity index is 706. The van der Waals surface area contributed by atoms with Crippen LogP contribution in [-0.2, 0) is 9.47 Å². The number of nitrogens with one attached hydrogen (secondary N) is 1. The SMILES string of the molecule is C[C@@H](CNC(=O)c1cc2cc(F)ccc2o1)CC1(C)OCCO1. The number of hydrogen-bond acceptors (Lipinski definition) is 4. The molecule has 0 spiro atoms. The quantitative estimate of drug-likeness (QED) is 0.919. The molecule has 0 radical (unpaired) electrons. The first-order valence-corrected chi connectivity index (χ1v) is 7.70. The fourth-order valence-corrected chi connectivity index (χ4v) is 2.86. The summed E-state index contributed by atoms with van der Waals surface area (Å²) >= 11 is 0. The smallest absolute Gasteiger partial charge is 0.287 e. The van der Waals surface area contributed by atoms with Crippen LogP contribution in [0.1, 0.15) is 30.8 Å². The summed E-state index contributed by atoms with van der Waals surface area (Å²) < 4.78 is 29.7. The summed E-state index contributed by atoms with van der Waals surface area (Å²) in [5, 5.41) is 3.40. The molecule has 1 aromatic heterocycles. The van der Waals surface area contributed by atoms with Crippen LogP contribution in [0.25, 0.3) is 11.0 Å². The third-order valence-corrected chi connectivity index (χ3v) is 3.93. The number of ether oxygens (including phenoxy) is 2. The monoisotopic (exact) mass is 321 g/mol. The lowest BCUT2D eigenvalue weighted by Crippen LogP contribution is -2.34. The van der Waals surface area contributed by atoms with Crippen LogP contribution in [0.15, 0.2) is 28.7 Å². The highest BCUT2D eigenvalue weighted by molar-refractivity contribution is 5.96. The van der Waals surface area contributed by atoms with Crippen LogP contribution in [0, 0.1) is 11.7 Å². The summed E-state index contributed by atoms with van der Waals surface area (Å²) in [4.78, 5) is 12.2. The Labute approximate surface area is 133 Å². The highest BCUT2D eigenvalue weighted by atomic mass is 19.1. The Kier molecular flexibility index (Phi) is 4.37. The molecule has 124 valence electrons. The molecule has 0 saturated carbocycles. The summed E-state index contributed by atoms with van der Waals surface area (Å²) in [5.74, 6) is -0.877. The van der Waals surface area contributed by atoms with Gasteiger partial charge in [-0.3, -0.25) is 4.79 Å². The summed E-state index contributed by atoms with van der Waals surface area (Å²) in [5.41, 5.74) is 0.491. The van der Waals surface area contributed by atoms with Crippen molar-refractivity contribution < 1.29 is 23.1 Å². The van der Waals surface area contributed by atoms with Crippen molar-refractivity contribution >= 4 is 16.9 Å². The Morgan fingerprint density at radius 1 is 1.35 bits per heavy atom. The van der Waals surface area contributed by atoms with E-state index in [2.05, 4.69) is 5.32 Å². The minimum absolute atomic E-state index is 0.178. The minimum Gasteiger partial charge on any atom is -0.451 e. The van der Waals surface area contributed by atoms with Crippen molar-refractivity contribution in [2.24, 2.45) is 5.92 Å². The van der Waals surface area contributed by atoms with Crippen molar-refractivity contribution in [3.63, 3.8) is 0 Å². The Balaban J connectivity index is 1.57. The number of rotatable bonds is 5. The van der Waals surface area contributed by atoms with Gasteiger partial charge in [0.1, 0.15) is 11.4 Å². The summed E-state index contributed by atoms with van der Waals surface area (Å²) in [7, 11) is 0. The van der Waals surface area contributed by atoms with Crippen molar-refractivity contribution in [1.82, 2.24) is 5.32 Å². The van der Waals surface area contributed by atoms with Gasteiger partial charge < -0.3 is 19.2 Å². The molecular weight excluding hydrogens is 301 g/mol. The molecule has 0 unspecified atom stereocenters. The van der Waals surface area contributed by atoms with Gasteiger partial charge >= 0.3 is 0 Å². The van der Waals surface area contributed by atoms with Crippen LogP contribution in [0.3, 0.4) is 0 Å². The second kappa shape index (κ2) is 6.29. The van der Waals surface area contributed by atoms with Crippen molar-refractivity contribution in [2.75, 3.05) is 19.8 Å². The average molecular weight is 321 g/mol. The lowest BCUT2D eigenvalue weighted by atomic mass is 10.0. The van der Waals surface area contributed by atoms with Crippen LogP contribution >= 0.6 is 0 Å². The number of carbonyl (C=O) groups excluding carboxylic acids is 1. The van der Waals surface area contributed by atoms with Gasteiger partial charge in [0.15, 0.2) is 11.5 Å². The van der Waals surface area contributed by atoms with Gasteiger partial charge in [0.2, 0.25) is 0 Å². The number of hydrogen-bond donors (Lipinski definition) is 1. The zero-order chi connectivity index (χ0) is 16.4. The Hall–Kier alpha value is -1.92. The van der Waals surface area contributed by atoms with Gasteiger partial charge in [0, 0.05) is 18.4 Å². The second-order valence-electron chi connectivity index (χ2n) is 6.14. The Morgan fingerprint density at radius 2 is 2.09 bits per heavy atom. The summed E-state index contributed by atoms with van der Waals surface area (Å²) in [6.45, 7) is 5.61. The van der Waals surface area contributed by atoms with Crippen LogP contribution < -0.4 is 5.32 Å². The van der Waals surface area contributed by atoms with E-state index in [0.29, 0.717) is 37.1 Å². The topological polar surface area (TPSA) is 60.7 Å². The van der Waals surface area contributed by atoms with E-state index in [4.69, 9.17) is 13.9 Å². The third-order valence-electron chi connectivity index (χ3n) is 3.93. The predicted octanol–water partition coefficient (Wildman–Crippen LogP) is 3.09. The number of carbonyl (C=O) groups is 1. The molecule has 0 aliphatic carbocycles. The molecule has 1 N–H and O–H groups in total. The van der Waals surface area contributed by atoms with Gasteiger partial charge in [-0.15, -0.1) is 0 Å². The van der Waals surface area contributed by atoms with Crippen molar-refractivity contribution in [2.45, 2.75) is 26.1 Å². The van der Waals surface area contributed by atoms with Gasteiger partial charge in [-0.25, -0.2) is 4.39 Å². The van der Waals surface area contributed by atoms with Crippen LogP contribution in [0.2, 0.25) is 0 Å². The van der Waals surface area contributed by atoms with Crippen molar-refractivity contribution in [3.8, 4) is 0 Å². The maximum atomic E-state index is 13.2. The van der Waals surface area contributed by atoms with E-state index >= 15 is 0 Å². The van der Waals surface area contributed by atoms with Crippen molar-refractivity contribution in [3.05, 3.63) is 35.8 Å². The fraction of sp³-hybridized carbons (Fsp3) is 0.471. The molecule has 1 aliphatic heterocycles. The molecule has 1 atom stereocenters. The van der Waals surface area contributed by atoms with Gasteiger partial charge in [-0.1, -0.05) is 6.92 Å². The number of amides is 1. The minimum atomic E-state index is -0.568.